The number of nitrogens with one attached hydrogen (secondary N) is 1. The molecule has 7 nitrogen and oxygen atoms in total. The standard InChI is InChI=1S/C12H15N3O4/c1-14-11(18)8-2-6(10(13)17)4-15(12(8)19)9-3-7(9)5-16/h2,4,7,9,16H,3,5H2,1H3,(H2,13,17)(H,14,18)/t7-,9+/m0/s1. The van der Waals surface area contributed by atoms with E-state index >= 15 is 0 Å². The molecule has 2 amide bonds. The van der Waals surface area contributed by atoms with Crippen molar-refractivity contribution in [1.82, 2.24) is 9.88 Å². The predicted molar refractivity (Wildman–Crippen MR) is 66.8 cm³/mol. The Hall–Kier alpha value is -2.15. The van der Waals surface area contributed by atoms with E-state index in [2.05, 4.69) is 5.32 Å². The third-order valence-electron chi connectivity index (χ3n) is 3.28. The first-order valence-electron chi connectivity index (χ1n) is 5.88. The Morgan fingerprint density at radius 1 is 1.58 bits per heavy atom. The van der Waals surface area contributed by atoms with Crippen LogP contribution in [0.2, 0.25) is 0 Å². The quantitative estimate of drug-likeness (QED) is 0.638. The zero-order valence-electron chi connectivity index (χ0n) is 10.4. The van der Waals surface area contributed by atoms with Gasteiger partial charge in [-0.15, -0.1) is 0 Å². The lowest BCUT2D eigenvalue weighted by molar-refractivity contribution is 0.0961. The fourth-order valence-electron chi connectivity index (χ4n) is 2.05. The fourth-order valence-corrected chi connectivity index (χ4v) is 2.05. The summed E-state index contributed by atoms with van der Waals surface area (Å²) in [4.78, 5) is 35.0. The number of aliphatic hydroxyl groups excluding tert-OH is 1. The minimum Gasteiger partial charge on any atom is -0.396 e. The van der Waals surface area contributed by atoms with Gasteiger partial charge in [0.2, 0.25) is 5.91 Å². The van der Waals surface area contributed by atoms with Crippen LogP contribution >= 0.6 is 0 Å². The van der Waals surface area contributed by atoms with E-state index in [1.807, 2.05) is 0 Å². The molecule has 1 fully saturated rings. The van der Waals surface area contributed by atoms with Crippen molar-refractivity contribution in [3.05, 3.63) is 33.7 Å². The molecule has 4 N–H and O–H groups in total. The summed E-state index contributed by atoms with van der Waals surface area (Å²) in [5, 5.41) is 11.4. The van der Waals surface area contributed by atoms with Crippen molar-refractivity contribution in [3.63, 3.8) is 0 Å². The van der Waals surface area contributed by atoms with E-state index in [-0.39, 0.29) is 29.7 Å². The molecule has 1 saturated carbocycles. The molecule has 7 heteroatoms. The van der Waals surface area contributed by atoms with Gasteiger partial charge in [0, 0.05) is 31.8 Å². The van der Waals surface area contributed by atoms with Gasteiger partial charge in [0.1, 0.15) is 5.56 Å². The Labute approximate surface area is 109 Å². The van der Waals surface area contributed by atoms with Crippen molar-refractivity contribution in [3.8, 4) is 0 Å². The molecule has 0 aliphatic heterocycles. The van der Waals surface area contributed by atoms with Gasteiger partial charge in [0.15, 0.2) is 0 Å². The second kappa shape index (κ2) is 4.85. The number of carbonyl (C=O) groups excluding carboxylic acids is 2. The third kappa shape index (κ3) is 2.37. The second-order valence-electron chi connectivity index (χ2n) is 4.54. The molecule has 1 aromatic rings. The summed E-state index contributed by atoms with van der Waals surface area (Å²) in [6, 6.07) is 1.01. The molecule has 0 aromatic carbocycles. The minimum absolute atomic E-state index is 0.0154. The highest BCUT2D eigenvalue weighted by Gasteiger charge is 2.39. The van der Waals surface area contributed by atoms with Crippen LogP contribution in [-0.2, 0) is 0 Å². The number of pyridine rings is 1. The number of rotatable bonds is 4. The molecule has 1 heterocycles. The first-order chi connectivity index (χ1) is 8.99. The second-order valence-corrected chi connectivity index (χ2v) is 4.54. The first kappa shape index (κ1) is 13.3. The van der Waals surface area contributed by atoms with Crippen molar-refractivity contribution in [2.45, 2.75) is 12.5 Å². The van der Waals surface area contributed by atoms with E-state index < -0.39 is 17.4 Å². The van der Waals surface area contributed by atoms with Gasteiger partial charge in [-0.05, 0) is 12.5 Å². The predicted octanol–water partition coefficient (Wildman–Crippen LogP) is -1.14. The van der Waals surface area contributed by atoms with Crippen LogP contribution in [0.5, 0.6) is 0 Å². The molecule has 0 bridgehead atoms. The lowest BCUT2D eigenvalue weighted by Crippen LogP contribution is -2.32. The van der Waals surface area contributed by atoms with Crippen LogP contribution in [-0.4, -0.2) is 35.1 Å². The summed E-state index contributed by atoms with van der Waals surface area (Å²) in [6.07, 6.45) is 1.99. The van der Waals surface area contributed by atoms with Gasteiger partial charge < -0.3 is 20.7 Å². The summed E-state index contributed by atoms with van der Waals surface area (Å²) in [6.45, 7) is -0.0345. The minimum atomic E-state index is -0.708. The van der Waals surface area contributed by atoms with E-state index in [1.54, 1.807) is 0 Å². The van der Waals surface area contributed by atoms with Gasteiger partial charge in [0.05, 0.1) is 5.56 Å². The van der Waals surface area contributed by atoms with E-state index in [1.165, 1.54) is 23.9 Å². The van der Waals surface area contributed by atoms with Gasteiger partial charge in [-0.25, -0.2) is 0 Å². The first-order valence-corrected chi connectivity index (χ1v) is 5.88. The lowest BCUT2D eigenvalue weighted by atomic mass is 10.1. The van der Waals surface area contributed by atoms with Crippen LogP contribution in [0, 0.1) is 5.92 Å². The van der Waals surface area contributed by atoms with Crippen LogP contribution in [0.3, 0.4) is 0 Å². The number of amides is 2. The average molecular weight is 265 g/mol. The zero-order chi connectivity index (χ0) is 14.2. The van der Waals surface area contributed by atoms with E-state index in [0.29, 0.717) is 6.42 Å². The lowest BCUT2D eigenvalue weighted by Gasteiger charge is -2.09. The van der Waals surface area contributed by atoms with Crippen molar-refractivity contribution in [2.24, 2.45) is 11.7 Å². The largest absolute Gasteiger partial charge is 0.396 e. The third-order valence-corrected chi connectivity index (χ3v) is 3.28. The van der Waals surface area contributed by atoms with E-state index in [0.717, 1.165) is 0 Å². The van der Waals surface area contributed by atoms with E-state index in [4.69, 9.17) is 10.8 Å². The number of aliphatic hydroxyl groups is 1. The molecule has 0 unspecified atom stereocenters. The van der Waals surface area contributed by atoms with Crippen LogP contribution in [0.4, 0.5) is 0 Å². The highest BCUT2D eigenvalue weighted by molar-refractivity contribution is 5.98. The number of nitrogens with two attached hydrogens (primary N) is 1. The van der Waals surface area contributed by atoms with Crippen LogP contribution in [0.1, 0.15) is 33.2 Å². The zero-order valence-corrected chi connectivity index (χ0v) is 10.4. The van der Waals surface area contributed by atoms with Crippen molar-refractivity contribution >= 4 is 11.8 Å². The maximum absolute atomic E-state index is 12.2. The van der Waals surface area contributed by atoms with Gasteiger partial charge in [-0.2, -0.15) is 0 Å². The maximum Gasteiger partial charge on any atom is 0.263 e. The molecule has 1 aromatic heterocycles. The van der Waals surface area contributed by atoms with Gasteiger partial charge in [0.25, 0.3) is 11.5 Å². The van der Waals surface area contributed by atoms with Crippen LogP contribution in [0.15, 0.2) is 17.1 Å². The monoisotopic (exact) mass is 265 g/mol. The Kier molecular flexibility index (Phi) is 3.39. The molecule has 0 radical (unpaired) electrons. The topological polar surface area (TPSA) is 114 Å². The average Bonchev–Trinajstić information content (AvgIpc) is 3.17. The number of hydrogen-bond donors (Lipinski definition) is 3. The Morgan fingerprint density at radius 2 is 2.26 bits per heavy atom. The van der Waals surface area contributed by atoms with Gasteiger partial charge >= 0.3 is 0 Å². The number of hydrogen-bond acceptors (Lipinski definition) is 4. The SMILES string of the molecule is CNC(=O)c1cc(C(N)=O)cn([C@@H]2C[C@H]2CO)c1=O. The molecule has 2 rings (SSSR count). The molecular weight excluding hydrogens is 250 g/mol. The summed E-state index contributed by atoms with van der Waals surface area (Å²) in [5.74, 6) is -1.29. The van der Waals surface area contributed by atoms with Gasteiger partial charge in [-0.1, -0.05) is 0 Å². The van der Waals surface area contributed by atoms with Crippen molar-refractivity contribution in [1.29, 1.82) is 0 Å². The molecular formula is C12H15N3O4. The molecule has 2 atom stereocenters. The maximum atomic E-state index is 12.2. The molecule has 102 valence electrons. The number of aromatic nitrogens is 1. The Bertz CT molecular complexity index is 593. The molecule has 0 saturated heterocycles. The van der Waals surface area contributed by atoms with E-state index in [9.17, 15) is 14.4 Å². The molecule has 1 aliphatic rings. The summed E-state index contributed by atoms with van der Waals surface area (Å²) in [5.41, 5.74) is 4.69. The fraction of sp³-hybridized carbons (Fsp3) is 0.417. The molecule has 19 heavy (non-hydrogen) atoms. The normalized spacial score (nSPS) is 20.9. The highest BCUT2D eigenvalue weighted by Crippen LogP contribution is 2.41. The van der Waals surface area contributed by atoms with Gasteiger partial charge in [-0.3, -0.25) is 14.4 Å². The Balaban J connectivity index is 2.54. The number of carbonyl (C=O) groups is 2. The van der Waals surface area contributed by atoms with Crippen molar-refractivity contribution < 1.29 is 14.7 Å². The molecule has 1 aliphatic carbocycles. The number of primary amides is 1. The number of nitrogens with zero attached hydrogens (tertiary/aromatic N) is 1. The van der Waals surface area contributed by atoms with Crippen LogP contribution < -0.4 is 16.6 Å². The van der Waals surface area contributed by atoms with Crippen LogP contribution in [0.25, 0.3) is 0 Å². The summed E-state index contributed by atoms with van der Waals surface area (Å²) in [7, 11) is 1.40. The summed E-state index contributed by atoms with van der Waals surface area (Å²) < 4.78 is 1.31. The summed E-state index contributed by atoms with van der Waals surface area (Å²) >= 11 is 0. The molecule has 0 spiro atoms. The Morgan fingerprint density at radius 3 is 2.74 bits per heavy atom. The highest BCUT2D eigenvalue weighted by atomic mass is 16.3. The van der Waals surface area contributed by atoms with Crippen molar-refractivity contribution in [2.75, 3.05) is 13.7 Å². The smallest absolute Gasteiger partial charge is 0.263 e.